The molecule has 1 saturated heterocycles. The van der Waals surface area contributed by atoms with Gasteiger partial charge in [0.1, 0.15) is 12.1 Å². The van der Waals surface area contributed by atoms with Gasteiger partial charge in [-0.3, -0.25) is 4.79 Å². The van der Waals surface area contributed by atoms with E-state index in [-0.39, 0.29) is 5.97 Å². The first-order valence-electron chi connectivity index (χ1n) is 8.51. The Morgan fingerprint density at radius 2 is 1.86 bits per heavy atom. The third-order valence-corrected chi connectivity index (χ3v) is 4.89. The van der Waals surface area contributed by atoms with Gasteiger partial charge in [0.15, 0.2) is 5.79 Å². The van der Waals surface area contributed by atoms with Crippen LogP contribution in [0.1, 0.15) is 45.4 Å². The van der Waals surface area contributed by atoms with Gasteiger partial charge < -0.3 is 14.2 Å². The van der Waals surface area contributed by atoms with E-state index in [1.54, 1.807) is 0 Å². The van der Waals surface area contributed by atoms with Gasteiger partial charge in [-0.1, -0.05) is 32.8 Å². The maximum absolute atomic E-state index is 12.8. The summed E-state index contributed by atoms with van der Waals surface area (Å²) < 4.78 is 17.4. The van der Waals surface area contributed by atoms with E-state index in [1.807, 2.05) is 6.92 Å². The van der Waals surface area contributed by atoms with E-state index in [9.17, 15) is 4.79 Å². The highest BCUT2D eigenvalue weighted by Crippen LogP contribution is 2.53. The second-order valence-corrected chi connectivity index (χ2v) is 6.75. The number of hydrogen-bond donors (Lipinski definition) is 0. The Balaban J connectivity index is 2.21. The number of esters is 1. The van der Waals surface area contributed by atoms with E-state index >= 15 is 0 Å². The van der Waals surface area contributed by atoms with Crippen molar-refractivity contribution in [2.24, 2.45) is 5.41 Å². The Morgan fingerprint density at radius 3 is 2.48 bits per heavy atom. The third kappa shape index (κ3) is 3.29. The predicted octanol–water partition coefficient (Wildman–Crippen LogP) is 3.39. The fourth-order valence-corrected chi connectivity index (χ4v) is 3.85. The number of carbonyl (C=O) groups excluding carboxylic acids is 1. The first-order valence-corrected chi connectivity index (χ1v) is 8.51. The normalized spacial score (nSPS) is 27.8. The van der Waals surface area contributed by atoms with E-state index in [0.717, 1.165) is 44.8 Å². The lowest BCUT2D eigenvalue weighted by atomic mass is 9.50. The molecule has 1 atom stereocenters. The van der Waals surface area contributed by atoms with Gasteiger partial charge in [-0.25, -0.2) is 0 Å². The van der Waals surface area contributed by atoms with Crippen molar-refractivity contribution >= 4 is 12.7 Å². The number of carbonyl (C=O) groups is 1. The van der Waals surface area contributed by atoms with Gasteiger partial charge in [-0.2, -0.15) is 0 Å². The Hall–Kier alpha value is -0.545. The first kappa shape index (κ1) is 16.8. The highest BCUT2D eigenvalue weighted by Gasteiger charge is 2.61. The van der Waals surface area contributed by atoms with Crippen molar-refractivity contribution < 1.29 is 19.0 Å². The fourth-order valence-electron chi connectivity index (χ4n) is 3.85. The zero-order chi connectivity index (χ0) is 15.3. The molecule has 1 spiro atoms. The van der Waals surface area contributed by atoms with Crippen molar-refractivity contribution in [2.45, 2.75) is 71.2 Å². The zero-order valence-electron chi connectivity index (χ0n) is 13.8. The molecule has 0 amide bonds. The summed E-state index contributed by atoms with van der Waals surface area (Å²) in [6.45, 7) is 8.55. The van der Waals surface area contributed by atoms with Crippen molar-refractivity contribution in [1.29, 1.82) is 0 Å². The third-order valence-electron chi connectivity index (χ3n) is 4.89. The van der Waals surface area contributed by atoms with Crippen LogP contribution in [0.15, 0.2) is 0 Å². The molecular formula is C16H29BO4. The summed E-state index contributed by atoms with van der Waals surface area (Å²) >= 11 is 0. The molecular weight excluding hydrogens is 267 g/mol. The van der Waals surface area contributed by atoms with Crippen molar-refractivity contribution in [3.8, 4) is 0 Å². The minimum absolute atomic E-state index is 0.115. The van der Waals surface area contributed by atoms with Crippen LogP contribution in [-0.4, -0.2) is 38.3 Å². The van der Waals surface area contributed by atoms with Crippen LogP contribution in [0.5, 0.6) is 0 Å². The molecule has 1 heterocycles. The molecule has 0 aromatic rings. The Kier molecular flexibility index (Phi) is 5.72. The Bertz CT molecular complexity index is 352. The van der Waals surface area contributed by atoms with E-state index in [0.29, 0.717) is 26.5 Å². The quantitative estimate of drug-likeness (QED) is 0.557. The molecule has 2 fully saturated rings. The molecule has 0 N–H and O–H groups in total. The molecule has 0 aromatic heterocycles. The molecule has 120 valence electrons. The van der Waals surface area contributed by atoms with E-state index in [1.165, 1.54) is 0 Å². The second kappa shape index (κ2) is 7.14. The Labute approximate surface area is 129 Å². The maximum Gasteiger partial charge on any atom is 0.317 e. The summed E-state index contributed by atoms with van der Waals surface area (Å²) in [6.07, 6.45) is 6.70. The van der Waals surface area contributed by atoms with Gasteiger partial charge in [0.2, 0.25) is 0 Å². The summed E-state index contributed by atoms with van der Waals surface area (Å²) in [5, 5.41) is 0. The minimum Gasteiger partial charge on any atom is -0.465 e. The van der Waals surface area contributed by atoms with Crippen molar-refractivity contribution in [3.05, 3.63) is 0 Å². The van der Waals surface area contributed by atoms with Crippen LogP contribution >= 0.6 is 0 Å². The lowest BCUT2D eigenvalue weighted by Gasteiger charge is -2.48. The highest BCUT2D eigenvalue weighted by atomic mass is 16.7. The van der Waals surface area contributed by atoms with Gasteiger partial charge in [0.25, 0.3) is 0 Å². The molecule has 21 heavy (non-hydrogen) atoms. The Morgan fingerprint density at radius 1 is 1.19 bits per heavy atom. The molecule has 0 bridgehead atoms. The standard InChI is InChI=1S/C16H29BO4/c1-4-19-14(18)15(9-7-11-17(2)3)8-5-6-10-16(15)20-12-13-21-16/h4-13H2,1-3H3/t15-/m0/s1. The SMILES string of the molecule is CCOC(=O)[C@@]1(CCCB(C)C)CCCCC12OCCO2. The van der Waals surface area contributed by atoms with Gasteiger partial charge in [-0.05, 0) is 26.2 Å². The summed E-state index contributed by atoms with van der Waals surface area (Å²) in [5.74, 6) is -0.843. The van der Waals surface area contributed by atoms with E-state index in [2.05, 4.69) is 13.6 Å². The summed E-state index contributed by atoms with van der Waals surface area (Å²) in [5.41, 5.74) is -0.605. The number of rotatable bonds is 6. The molecule has 1 aliphatic carbocycles. The molecule has 0 aromatic carbocycles. The predicted molar refractivity (Wildman–Crippen MR) is 83.7 cm³/mol. The average Bonchev–Trinajstić information content (AvgIpc) is 2.91. The van der Waals surface area contributed by atoms with E-state index in [4.69, 9.17) is 14.2 Å². The van der Waals surface area contributed by atoms with Crippen LogP contribution in [0, 0.1) is 5.41 Å². The molecule has 2 aliphatic rings. The van der Waals surface area contributed by atoms with Gasteiger partial charge in [0, 0.05) is 6.42 Å². The molecule has 1 saturated carbocycles. The summed E-state index contributed by atoms with van der Waals surface area (Å²) in [7, 11) is 0. The molecule has 5 heteroatoms. The lowest BCUT2D eigenvalue weighted by Crippen LogP contribution is -2.56. The smallest absolute Gasteiger partial charge is 0.317 e. The minimum atomic E-state index is -0.728. The average molecular weight is 296 g/mol. The fraction of sp³-hybridized carbons (Fsp3) is 0.938. The molecule has 0 unspecified atom stereocenters. The highest BCUT2D eigenvalue weighted by molar-refractivity contribution is 6.55. The van der Waals surface area contributed by atoms with Crippen LogP contribution in [0.3, 0.4) is 0 Å². The van der Waals surface area contributed by atoms with Crippen LogP contribution in [0.25, 0.3) is 0 Å². The zero-order valence-corrected chi connectivity index (χ0v) is 13.8. The van der Waals surface area contributed by atoms with Crippen molar-refractivity contribution in [1.82, 2.24) is 0 Å². The van der Waals surface area contributed by atoms with Crippen LogP contribution < -0.4 is 0 Å². The van der Waals surface area contributed by atoms with Crippen molar-refractivity contribution in [3.63, 3.8) is 0 Å². The number of hydrogen-bond acceptors (Lipinski definition) is 4. The van der Waals surface area contributed by atoms with Crippen LogP contribution in [0.4, 0.5) is 0 Å². The van der Waals surface area contributed by atoms with Gasteiger partial charge in [-0.15, -0.1) is 0 Å². The van der Waals surface area contributed by atoms with Crippen LogP contribution in [0.2, 0.25) is 20.0 Å². The van der Waals surface area contributed by atoms with Gasteiger partial charge >= 0.3 is 5.97 Å². The largest absolute Gasteiger partial charge is 0.465 e. The number of ether oxygens (including phenoxy) is 3. The molecule has 0 radical (unpaired) electrons. The van der Waals surface area contributed by atoms with E-state index < -0.39 is 11.2 Å². The van der Waals surface area contributed by atoms with Gasteiger partial charge in [0.05, 0.1) is 19.8 Å². The lowest BCUT2D eigenvalue weighted by molar-refractivity contribution is -0.261. The van der Waals surface area contributed by atoms with Crippen LogP contribution in [-0.2, 0) is 19.0 Å². The maximum atomic E-state index is 12.8. The molecule has 4 nitrogen and oxygen atoms in total. The van der Waals surface area contributed by atoms with Crippen molar-refractivity contribution in [2.75, 3.05) is 19.8 Å². The molecule has 2 rings (SSSR count). The summed E-state index contributed by atoms with van der Waals surface area (Å²) in [4.78, 5) is 12.8. The monoisotopic (exact) mass is 296 g/mol. The topological polar surface area (TPSA) is 44.8 Å². The summed E-state index contributed by atoms with van der Waals surface area (Å²) in [6, 6.07) is 0. The second-order valence-electron chi connectivity index (χ2n) is 6.75. The first-order chi connectivity index (χ1) is 10.1. The molecule has 1 aliphatic heterocycles.